The molecule has 1 amide bonds. The van der Waals surface area contributed by atoms with Crippen LogP contribution in [0.15, 0.2) is 0 Å². The minimum atomic E-state index is -0.610. The van der Waals surface area contributed by atoms with Crippen LogP contribution in [-0.4, -0.2) is 50.2 Å². The third-order valence-corrected chi connectivity index (χ3v) is 3.14. The van der Waals surface area contributed by atoms with Crippen molar-refractivity contribution in [1.82, 2.24) is 10.6 Å². The standard InChI is InChI=1S/C15H28N2O5/c1-7-22-11(18)8-16-14(19)12(9(2)3)17-13(10(4)5)15(20)21-6/h9-10,12-13,17H,7-8H2,1-6H3,(H,16,19)/t12-,13-/m0/s1. The summed E-state index contributed by atoms with van der Waals surface area (Å²) in [6.07, 6.45) is 0. The van der Waals surface area contributed by atoms with Crippen molar-refractivity contribution < 1.29 is 23.9 Å². The Kier molecular flexibility index (Phi) is 9.40. The molecule has 7 nitrogen and oxygen atoms in total. The minimum Gasteiger partial charge on any atom is -0.468 e. The van der Waals surface area contributed by atoms with Gasteiger partial charge in [0.25, 0.3) is 0 Å². The summed E-state index contributed by atoms with van der Waals surface area (Å²) in [5.74, 6) is -1.36. The van der Waals surface area contributed by atoms with Gasteiger partial charge in [0.05, 0.1) is 19.8 Å². The fourth-order valence-electron chi connectivity index (χ4n) is 1.91. The Morgan fingerprint density at radius 2 is 1.55 bits per heavy atom. The first-order chi connectivity index (χ1) is 10.2. The first-order valence-electron chi connectivity index (χ1n) is 7.51. The Balaban J connectivity index is 4.80. The molecule has 128 valence electrons. The number of esters is 2. The molecule has 2 N–H and O–H groups in total. The van der Waals surface area contributed by atoms with Gasteiger partial charge in [0.1, 0.15) is 12.6 Å². The molecule has 0 bridgehead atoms. The summed E-state index contributed by atoms with van der Waals surface area (Å²) < 4.78 is 9.52. The second kappa shape index (κ2) is 10.2. The number of hydrogen-bond acceptors (Lipinski definition) is 6. The largest absolute Gasteiger partial charge is 0.468 e. The lowest BCUT2D eigenvalue weighted by atomic mass is 9.98. The molecule has 0 rings (SSSR count). The normalized spacial score (nSPS) is 13.6. The Morgan fingerprint density at radius 3 is 1.95 bits per heavy atom. The van der Waals surface area contributed by atoms with Crippen molar-refractivity contribution in [2.45, 2.75) is 46.7 Å². The van der Waals surface area contributed by atoms with Crippen LogP contribution in [0, 0.1) is 11.8 Å². The molecule has 0 aliphatic rings. The van der Waals surface area contributed by atoms with E-state index >= 15 is 0 Å². The Labute approximate surface area is 132 Å². The SMILES string of the molecule is CCOC(=O)CNC(=O)[C@@H](N[C@H](C(=O)OC)C(C)C)C(C)C. The maximum atomic E-state index is 12.2. The first-order valence-corrected chi connectivity index (χ1v) is 7.51. The maximum absolute atomic E-state index is 12.2. The van der Waals surface area contributed by atoms with Crippen LogP contribution in [0.5, 0.6) is 0 Å². The molecule has 0 fully saturated rings. The molecule has 22 heavy (non-hydrogen) atoms. The predicted octanol–water partition coefficient (Wildman–Crippen LogP) is 0.478. The van der Waals surface area contributed by atoms with Crippen LogP contribution in [-0.2, 0) is 23.9 Å². The fraction of sp³-hybridized carbons (Fsp3) is 0.800. The van der Waals surface area contributed by atoms with Gasteiger partial charge in [-0.25, -0.2) is 0 Å². The molecule has 7 heteroatoms. The van der Waals surface area contributed by atoms with Gasteiger partial charge in [-0.15, -0.1) is 0 Å². The van der Waals surface area contributed by atoms with Crippen molar-refractivity contribution in [1.29, 1.82) is 0 Å². The number of amides is 1. The van der Waals surface area contributed by atoms with Crippen LogP contribution >= 0.6 is 0 Å². The molecule has 0 radical (unpaired) electrons. The van der Waals surface area contributed by atoms with E-state index in [0.717, 1.165) is 0 Å². The third-order valence-electron chi connectivity index (χ3n) is 3.14. The molecular weight excluding hydrogens is 288 g/mol. The molecule has 0 heterocycles. The van der Waals surface area contributed by atoms with E-state index in [-0.39, 0.29) is 30.9 Å². The molecule has 0 aliphatic heterocycles. The van der Waals surface area contributed by atoms with Crippen LogP contribution in [0.25, 0.3) is 0 Å². The monoisotopic (exact) mass is 316 g/mol. The number of hydrogen-bond donors (Lipinski definition) is 2. The molecule has 0 aromatic heterocycles. The predicted molar refractivity (Wildman–Crippen MR) is 82.0 cm³/mol. The number of carbonyl (C=O) groups excluding carboxylic acids is 3. The maximum Gasteiger partial charge on any atom is 0.325 e. The summed E-state index contributed by atoms with van der Waals surface area (Å²) in [7, 11) is 1.31. The Morgan fingerprint density at radius 1 is 1.00 bits per heavy atom. The second-order valence-corrected chi connectivity index (χ2v) is 5.66. The molecule has 0 spiro atoms. The zero-order valence-electron chi connectivity index (χ0n) is 14.3. The van der Waals surface area contributed by atoms with Gasteiger partial charge in [-0.05, 0) is 18.8 Å². The highest BCUT2D eigenvalue weighted by Crippen LogP contribution is 2.09. The highest BCUT2D eigenvalue weighted by Gasteiger charge is 2.31. The molecule has 0 unspecified atom stereocenters. The Hall–Kier alpha value is -1.63. The van der Waals surface area contributed by atoms with Crippen molar-refractivity contribution in [2.75, 3.05) is 20.3 Å². The average Bonchev–Trinajstić information content (AvgIpc) is 2.44. The summed E-state index contributed by atoms with van der Waals surface area (Å²) in [5.41, 5.74) is 0. The van der Waals surface area contributed by atoms with Gasteiger partial charge in [0.15, 0.2) is 0 Å². The lowest BCUT2D eigenvalue weighted by Crippen LogP contribution is -2.55. The highest BCUT2D eigenvalue weighted by molar-refractivity contribution is 5.86. The summed E-state index contributed by atoms with van der Waals surface area (Å²) in [5, 5.41) is 5.54. The molecule has 2 atom stereocenters. The highest BCUT2D eigenvalue weighted by atomic mass is 16.5. The third kappa shape index (κ3) is 6.89. The van der Waals surface area contributed by atoms with Crippen molar-refractivity contribution >= 4 is 17.8 Å². The van der Waals surface area contributed by atoms with Gasteiger partial charge in [-0.3, -0.25) is 19.7 Å². The first kappa shape index (κ1) is 20.4. The van der Waals surface area contributed by atoms with Gasteiger partial charge in [-0.2, -0.15) is 0 Å². The van der Waals surface area contributed by atoms with Crippen LogP contribution < -0.4 is 10.6 Å². The molecule has 0 saturated carbocycles. The topological polar surface area (TPSA) is 93.7 Å². The fourth-order valence-corrected chi connectivity index (χ4v) is 1.91. The van der Waals surface area contributed by atoms with E-state index in [4.69, 9.17) is 9.47 Å². The van der Waals surface area contributed by atoms with Crippen LogP contribution in [0.2, 0.25) is 0 Å². The van der Waals surface area contributed by atoms with E-state index in [1.54, 1.807) is 6.92 Å². The zero-order valence-corrected chi connectivity index (χ0v) is 14.3. The van der Waals surface area contributed by atoms with Crippen LogP contribution in [0.1, 0.15) is 34.6 Å². The van der Waals surface area contributed by atoms with Gasteiger partial charge >= 0.3 is 11.9 Å². The van der Waals surface area contributed by atoms with E-state index < -0.39 is 24.0 Å². The summed E-state index contributed by atoms with van der Waals surface area (Å²) >= 11 is 0. The number of nitrogens with one attached hydrogen (secondary N) is 2. The number of methoxy groups -OCH3 is 1. The van der Waals surface area contributed by atoms with E-state index in [2.05, 4.69) is 10.6 Å². The van der Waals surface area contributed by atoms with E-state index in [0.29, 0.717) is 0 Å². The molecular formula is C15H28N2O5. The summed E-state index contributed by atoms with van der Waals surface area (Å²) in [6, 6.07) is -1.20. The van der Waals surface area contributed by atoms with Crippen molar-refractivity contribution in [3.63, 3.8) is 0 Å². The van der Waals surface area contributed by atoms with Crippen molar-refractivity contribution in [3.05, 3.63) is 0 Å². The molecule has 0 aliphatic carbocycles. The van der Waals surface area contributed by atoms with E-state index in [1.807, 2.05) is 27.7 Å². The van der Waals surface area contributed by atoms with Crippen LogP contribution in [0.3, 0.4) is 0 Å². The number of rotatable bonds is 9. The van der Waals surface area contributed by atoms with Crippen molar-refractivity contribution in [2.24, 2.45) is 11.8 Å². The molecule has 0 saturated heterocycles. The number of ether oxygens (including phenoxy) is 2. The Bertz CT molecular complexity index is 382. The van der Waals surface area contributed by atoms with Crippen LogP contribution in [0.4, 0.5) is 0 Å². The zero-order chi connectivity index (χ0) is 17.3. The second-order valence-electron chi connectivity index (χ2n) is 5.66. The molecule has 0 aromatic carbocycles. The van der Waals surface area contributed by atoms with E-state index in [1.165, 1.54) is 7.11 Å². The average molecular weight is 316 g/mol. The van der Waals surface area contributed by atoms with Gasteiger partial charge in [-0.1, -0.05) is 27.7 Å². The van der Waals surface area contributed by atoms with Gasteiger partial charge in [0, 0.05) is 0 Å². The van der Waals surface area contributed by atoms with Crippen molar-refractivity contribution in [3.8, 4) is 0 Å². The smallest absolute Gasteiger partial charge is 0.325 e. The van der Waals surface area contributed by atoms with Gasteiger partial charge in [0.2, 0.25) is 5.91 Å². The lowest BCUT2D eigenvalue weighted by molar-refractivity contribution is -0.146. The summed E-state index contributed by atoms with van der Waals surface area (Å²) in [6.45, 7) is 9.21. The lowest BCUT2D eigenvalue weighted by Gasteiger charge is -2.28. The van der Waals surface area contributed by atoms with E-state index in [9.17, 15) is 14.4 Å². The van der Waals surface area contributed by atoms with Gasteiger partial charge < -0.3 is 14.8 Å². The molecule has 0 aromatic rings. The minimum absolute atomic E-state index is 0.0356. The summed E-state index contributed by atoms with van der Waals surface area (Å²) in [4.78, 5) is 35.3. The quantitative estimate of drug-likeness (QED) is 0.601. The number of carbonyl (C=O) groups is 3.